The number of nitrogens with two attached hydrogens (primary N) is 1. The average molecular weight is 813 g/mol. The summed E-state index contributed by atoms with van der Waals surface area (Å²) in [4.78, 5) is 73.5. The van der Waals surface area contributed by atoms with E-state index in [9.17, 15) is 24.0 Å². The van der Waals surface area contributed by atoms with Crippen LogP contribution in [0.5, 0.6) is 17.2 Å². The Morgan fingerprint density at radius 1 is 0.917 bits per heavy atom. The van der Waals surface area contributed by atoms with E-state index in [1.54, 1.807) is 44.9 Å². The molecule has 5 N–H and O–H groups in total. The second kappa shape index (κ2) is 16.6. The predicted octanol–water partition coefficient (Wildman–Crippen LogP) is 3.15. The number of rotatable bonds is 15. The van der Waals surface area contributed by atoms with Gasteiger partial charge in [-0.25, -0.2) is 9.97 Å². The first kappa shape index (κ1) is 39.1. The minimum Gasteiger partial charge on any atom is -0.497 e. The number of carbonyl (C=O) groups excluding carboxylic acids is 5. The van der Waals surface area contributed by atoms with Crippen molar-refractivity contribution in [3.05, 3.63) is 108 Å². The zero-order valence-electron chi connectivity index (χ0n) is 32.6. The zero-order valence-corrected chi connectivity index (χ0v) is 32.6. The van der Waals surface area contributed by atoms with Crippen molar-refractivity contribution in [2.75, 3.05) is 38.4 Å². The monoisotopic (exact) mass is 812 g/mol. The molecule has 5 heterocycles. The molecule has 5 amide bonds. The van der Waals surface area contributed by atoms with E-state index in [1.165, 1.54) is 10.7 Å². The molecule has 8 rings (SSSR count). The van der Waals surface area contributed by atoms with Gasteiger partial charge in [0.25, 0.3) is 11.8 Å². The van der Waals surface area contributed by atoms with E-state index in [0.29, 0.717) is 47.5 Å². The number of nitrogens with one attached hydrogen (secondary N) is 3. The van der Waals surface area contributed by atoms with Gasteiger partial charge in [-0.1, -0.05) is 24.3 Å². The van der Waals surface area contributed by atoms with Crippen molar-refractivity contribution >= 4 is 52.3 Å². The highest BCUT2D eigenvalue weighted by atomic mass is 16.5. The van der Waals surface area contributed by atoms with Gasteiger partial charge in [-0.15, -0.1) is 0 Å². The van der Waals surface area contributed by atoms with Crippen LogP contribution in [0.25, 0.3) is 22.3 Å². The third-order valence-corrected chi connectivity index (χ3v) is 10.2. The number of ether oxygens (including phenoxy) is 3. The molecule has 2 aliphatic rings. The summed E-state index contributed by atoms with van der Waals surface area (Å²) in [6.07, 6.45) is 5.16. The highest BCUT2D eigenvalue weighted by molar-refractivity contribution is 6.25. The van der Waals surface area contributed by atoms with E-state index in [-0.39, 0.29) is 49.5 Å². The maximum absolute atomic E-state index is 13.3. The molecule has 3 aromatic heterocycles. The molecule has 3 aromatic carbocycles. The number of benzene rings is 3. The number of nitrogen functional groups attached to an aromatic ring is 1. The number of nitrogens with zero attached hydrogens (tertiary/aromatic N) is 6. The van der Waals surface area contributed by atoms with Crippen molar-refractivity contribution in [2.24, 2.45) is 0 Å². The molecule has 1 saturated heterocycles. The fraction of sp³-hybridized carbons (Fsp3) is 0.238. The molecule has 6 aromatic rings. The van der Waals surface area contributed by atoms with E-state index in [1.807, 2.05) is 53.1 Å². The Balaban J connectivity index is 0.849. The van der Waals surface area contributed by atoms with Gasteiger partial charge in [0.15, 0.2) is 17.1 Å². The molecule has 1 fully saturated rings. The van der Waals surface area contributed by atoms with Crippen molar-refractivity contribution in [1.82, 2.24) is 39.8 Å². The summed E-state index contributed by atoms with van der Waals surface area (Å²) in [5.41, 5.74) is 11.6. The smallest absolute Gasteiger partial charge is 0.264 e. The number of methoxy groups -OCH3 is 2. The first-order valence-electron chi connectivity index (χ1n) is 19.0. The summed E-state index contributed by atoms with van der Waals surface area (Å²) in [7, 11) is 3.21. The summed E-state index contributed by atoms with van der Waals surface area (Å²) in [6.45, 7) is 1.14. The van der Waals surface area contributed by atoms with E-state index >= 15 is 0 Å². The number of pyridine rings is 1. The quantitative estimate of drug-likeness (QED) is 0.0865. The molecule has 18 heteroatoms. The van der Waals surface area contributed by atoms with E-state index in [4.69, 9.17) is 19.9 Å². The van der Waals surface area contributed by atoms with Crippen LogP contribution in [0.3, 0.4) is 0 Å². The number of hydrogen-bond donors (Lipinski definition) is 4. The van der Waals surface area contributed by atoms with Gasteiger partial charge in [0, 0.05) is 48.7 Å². The number of aromatic nitrogens is 5. The van der Waals surface area contributed by atoms with Crippen LogP contribution < -0.4 is 35.9 Å². The molecule has 0 spiro atoms. The molecular formula is C42H40N10O8. The summed E-state index contributed by atoms with van der Waals surface area (Å²) in [6, 6.07) is 18.9. The van der Waals surface area contributed by atoms with Gasteiger partial charge in [0.2, 0.25) is 23.7 Å². The number of piperidine rings is 1. The fourth-order valence-corrected chi connectivity index (χ4v) is 7.20. The Bertz CT molecular complexity index is 2660. The summed E-state index contributed by atoms with van der Waals surface area (Å²) < 4.78 is 20.2. The number of imide groups is 2. The lowest BCUT2D eigenvalue weighted by Crippen LogP contribution is -2.54. The summed E-state index contributed by atoms with van der Waals surface area (Å²) >= 11 is 0. The third-order valence-electron chi connectivity index (χ3n) is 10.2. The van der Waals surface area contributed by atoms with Crippen molar-refractivity contribution in [3.8, 4) is 28.4 Å². The summed E-state index contributed by atoms with van der Waals surface area (Å²) in [5, 5.41) is 12.5. The second-order valence-electron chi connectivity index (χ2n) is 14.1. The second-order valence-corrected chi connectivity index (χ2v) is 14.1. The third kappa shape index (κ3) is 7.89. The van der Waals surface area contributed by atoms with Crippen LogP contribution in [0.4, 0.5) is 11.6 Å². The van der Waals surface area contributed by atoms with E-state index in [0.717, 1.165) is 32.9 Å². The number of imidazole rings is 1. The first-order chi connectivity index (χ1) is 29.1. The van der Waals surface area contributed by atoms with E-state index < -0.39 is 29.7 Å². The van der Waals surface area contributed by atoms with Crippen molar-refractivity contribution in [2.45, 2.75) is 38.6 Å². The van der Waals surface area contributed by atoms with E-state index in [2.05, 4.69) is 31.0 Å². The first-order valence-corrected chi connectivity index (χ1v) is 19.0. The Morgan fingerprint density at radius 2 is 1.73 bits per heavy atom. The van der Waals surface area contributed by atoms with Gasteiger partial charge in [-0.3, -0.25) is 43.4 Å². The van der Waals surface area contributed by atoms with Gasteiger partial charge in [-0.05, 0) is 60.0 Å². The molecule has 2 aliphatic heterocycles. The molecule has 0 aliphatic carbocycles. The molecule has 0 saturated carbocycles. The normalized spacial score (nSPS) is 14.9. The highest BCUT2D eigenvalue weighted by Gasteiger charge is 2.45. The molecular weight excluding hydrogens is 773 g/mol. The Hall–Kier alpha value is -7.76. The maximum atomic E-state index is 13.3. The number of amides is 5. The van der Waals surface area contributed by atoms with Crippen LogP contribution in [0.15, 0.2) is 85.3 Å². The minimum absolute atomic E-state index is 0.0303. The number of hydrogen-bond acceptors (Lipinski definition) is 13. The number of fused-ring (bicyclic) bond motifs is 2. The topological polar surface area (TPSA) is 227 Å². The van der Waals surface area contributed by atoms with Crippen LogP contribution >= 0.6 is 0 Å². The van der Waals surface area contributed by atoms with Crippen molar-refractivity contribution in [3.63, 3.8) is 0 Å². The molecule has 1 unspecified atom stereocenters. The Morgan fingerprint density at radius 3 is 2.52 bits per heavy atom. The minimum atomic E-state index is -1.06. The Labute approximate surface area is 342 Å². The molecule has 60 heavy (non-hydrogen) atoms. The largest absolute Gasteiger partial charge is 0.497 e. The molecule has 0 bridgehead atoms. The van der Waals surface area contributed by atoms with Crippen molar-refractivity contribution < 1.29 is 38.2 Å². The summed E-state index contributed by atoms with van der Waals surface area (Å²) in [5.74, 6) is -0.385. The highest BCUT2D eigenvalue weighted by Crippen LogP contribution is 2.33. The van der Waals surface area contributed by atoms with Gasteiger partial charge < -0.3 is 30.6 Å². The molecule has 306 valence electrons. The van der Waals surface area contributed by atoms with Crippen LogP contribution in [0, 0.1) is 0 Å². The lowest BCUT2D eigenvalue weighted by atomic mass is 10.0. The van der Waals surface area contributed by atoms with Crippen LogP contribution in [-0.2, 0) is 34.1 Å². The van der Waals surface area contributed by atoms with Gasteiger partial charge in [-0.2, -0.15) is 5.10 Å². The fourth-order valence-electron chi connectivity index (χ4n) is 7.20. The van der Waals surface area contributed by atoms with Gasteiger partial charge >= 0.3 is 0 Å². The standard InChI is InChI=1S/C42H40N10O8/c1-58-28-9-6-24(7-10-28)23-60-33-12-8-25(16-34(33)59-2)20-51-38-31(48-42(51)43)17-26(18-46-38)27-19-47-50(21-27)22-36(54)45-15-14-44-30-5-3-4-29-37(30)41(57)52(40(29)56)32-11-13-35(53)49-39(32)55/h3-10,12,16-19,21,32,44H,11,13-15,20,22-23H2,1-2H3,(H2,43,48)(H,45,54)(H,49,53,55). The van der Waals surface area contributed by atoms with Crippen molar-refractivity contribution in [1.29, 1.82) is 0 Å². The van der Waals surface area contributed by atoms with Crippen LogP contribution in [0.2, 0.25) is 0 Å². The predicted molar refractivity (Wildman–Crippen MR) is 217 cm³/mol. The average Bonchev–Trinajstić information content (AvgIpc) is 3.92. The van der Waals surface area contributed by atoms with Gasteiger partial charge in [0.05, 0.1) is 38.1 Å². The number of carbonyl (C=O) groups is 5. The maximum Gasteiger partial charge on any atom is 0.264 e. The van der Waals surface area contributed by atoms with Crippen LogP contribution in [0.1, 0.15) is 44.7 Å². The van der Waals surface area contributed by atoms with Crippen LogP contribution in [-0.4, -0.2) is 92.1 Å². The number of anilines is 2. The lowest BCUT2D eigenvalue weighted by Gasteiger charge is -2.27. The molecule has 1 atom stereocenters. The Kier molecular flexibility index (Phi) is 10.8. The molecule has 18 nitrogen and oxygen atoms in total. The SMILES string of the molecule is COc1ccc(COc2ccc(Cn3c(N)nc4cc(-c5cnn(CC(=O)NCCNc6cccc7c6C(=O)N(C6CCC(=O)NC6=O)C7=O)c5)cnc43)cc2OC)cc1. The zero-order chi connectivity index (χ0) is 41.9. The van der Waals surface area contributed by atoms with Gasteiger partial charge in [0.1, 0.15) is 30.5 Å². The molecule has 0 radical (unpaired) electrons. The lowest BCUT2D eigenvalue weighted by molar-refractivity contribution is -0.136.